The molecular formula is C13H18N2O2S3. The quantitative estimate of drug-likeness (QED) is 0.874. The topological polar surface area (TPSA) is 58.2 Å². The molecule has 0 spiro atoms. The van der Waals surface area contributed by atoms with E-state index in [1.807, 2.05) is 29.6 Å². The van der Waals surface area contributed by atoms with Crippen molar-refractivity contribution in [3.8, 4) is 0 Å². The minimum atomic E-state index is -3.38. The molecule has 2 aliphatic rings. The number of fused-ring (bicyclic) bond motifs is 1. The van der Waals surface area contributed by atoms with E-state index in [-0.39, 0.29) is 0 Å². The van der Waals surface area contributed by atoms with E-state index in [2.05, 4.69) is 10.0 Å². The Morgan fingerprint density at radius 3 is 2.90 bits per heavy atom. The standard InChI is InChI=1S/C13H18N2O2S3/c16-20(17,15-8-12-9-18-3-4-19-12)13-2-1-10-6-14-7-11(10)5-13/h1-2,5,12,14-15H,3-4,6-9H2. The number of hydrogen-bond donors (Lipinski definition) is 2. The lowest BCUT2D eigenvalue weighted by atomic mass is 10.1. The molecule has 1 saturated heterocycles. The first kappa shape index (κ1) is 14.7. The van der Waals surface area contributed by atoms with Crippen LogP contribution in [0.2, 0.25) is 0 Å². The van der Waals surface area contributed by atoms with Gasteiger partial charge >= 0.3 is 0 Å². The fourth-order valence-electron chi connectivity index (χ4n) is 2.38. The normalized spacial score (nSPS) is 22.7. The van der Waals surface area contributed by atoms with Gasteiger partial charge in [0.05, 0.1) is 4.90 Å². The van der Waals surface area contributed by atoms with E-state index in [0.717, 1.165) is 30.2 Å². The monoisotopic (exact) mass is 330 g/mol. The molecular weight excluding hydrogens is 312 g/mol. The highest BCUT2D eigenvalue weighted by Gasteiger charge is 2.21. The van der Waals surface area contributed by atoms with Crippen molar-refractivity contribution < 1.29 is 8.42 Å². The average molecular weight is 331 g/mol. The molecule has 1 unspecified atom stereocenters. The van der Waals surface area contributed by atoms with Crippen LogP contribution < -0.4 is 10.0 Å². The van der Waals surface area contributed by atoms with Crippen molar-refractivity contribution in [3.05, 3.63) is 29.3 Å². The maximum atomic E-state index is 12.3. The number of nitrogens with one attached hydrogen (secondary N) is 2. The summed E-state index contributed by atoms with van der Waals surface area (Å²) < 4.78 is 27.4. The molecule has 110 valence electrons. The third kappa shape index (κ3) is 3.33. The highest BCUT2D eigenvalue weighted by molar-refractivity contribution is 8.06. The van der Waals surface area contributed by atoms with Crippen LogP contribution in [0.3, 0.4) is 0 Å². The van der Waals surface area contributed by atoms with Crippen LogP contribution >= 0.6 is 23.5 Å². The van der Waals surface area contributed by atoms with Crippen LogP contribution in [-0.4, -0.2) is 37.5 Å². The van der Waals surface area contributed by atoms with E-state index in [0.29, 0.717) is 16.7 Å². The first-order chi connectivity index (χ1) is 9.65. The molecule has 1 fully saturated rings. The summed E-state index contributed by atoms with van der Waals surface area (Å²) >= 11 is 3.76. The molecule has 7 heteroatoms. The number of thioether (sulfide) groups is 2. The second kappa shape index (κ2) is 6.27. The molecule has 0 saturated carbocycles. The molecule has 1 aromatic rings. The number of hydrogen-bond acceptors (Lipinski definition) is 5. The summed E-state index contributed by atoms with van der Waals surface area (Å²) in [5.74, 6) is 3.31. The van der Waals surface area contributed by atoms with E-state index in [4.69, 9.17) is 0 Å². The van der Waals surface area contributed by atoms with Crippen molar-refractivity contribution >= 4 is 33.5 Å². The van der Waals surface area contributed by atoms with Gasteiger partial charge in [-0.3, -0.25) is 0 Å². The Balaban J connectivity index is 1.68. The maximum Gasteiger partial charge on any atom is 0.240 e. The zero-order chi connectivity index (χ0) is 14.0. The molecule has 0 amide bonds. The van der Waals surface area contributed by atoms with Crippen LogP contribution in [0.25, 0.3) is 0 Å². The van der Waals surface area contributed by atoms with Crippen molar-refractivity contribution in [2.45, 2.75) is 23.2 Å². The second-order valence-electron chi connectivity index (χ2n) is 4.95. The summed E-state index contributed by atoms with van der Waals surface area (Å²) in [6, 6.07) is 5.41. The van der Waals surface area contributed by atoms with Gasteiger partial charge in [0, 0.05) is 42.1 Å². The Bertz CT molecular complexity index is 583. The molecule has 20 heavy (non-hydrogen) atoms. The fourth-order valence-corrected chi connectivity index (χ4v) is 6.23. The van der Waals surface area contributed by atoms with Gasteiger partial charge in [-0.25, -0.2) is 13.1 Å². The third-order valence-electron chi connectivity index (χ3n) is 3.50. The van der Waals surface area contributed by atoms with Crippen molar-refractivity contribution in [2.24, 2.45) is 0 Å². The van der Waals surface area contributed by atoms with E-state index in [1.165, 1.54) is 11.3 Å². The van der Waals surface area contributed by atoms with E-state index >= 15 is 0 Å². The van der Waals surface area contributed by atoms with Gasteiger partial charge in [0.15, 0.2) is 0 Å². The summed E-state index contributed by atoms with van der Waals surface area (Å²) in [5.41, 5.74) is 2.29. The van der Waals surface area contributed by atoms with Crippen LogP contribution in [0.4, 0.5) is 0 Å². The lowest BCUT2D eigenvalue weighted by Gasteiger charge is -2.21. The zero-order valence-corrected chi connectivity index (χ0v) is 13.5. The predicted octanol–water partition coefficient (Wildman–Crippen LogP) is 1.42. The predicted molar refractivity (Wildman–Crippen MR) is 85.7 cm³/mol. The van der Waals surface area contributed by atoms with Crippen molar-refractivity contribution in [2.75, 3.05) is 23.8 Å². The molecule has 2 aliphatic heterocycles. The summed E-state index contributed by atoms with van der Waals surface area (Å²) in [6.45, 7) is 2.11. The van der Waals surface area contributed by atoms with Crippen LogP contribution in [0, 0.1) is 0 Å². The second-order valence-corrected chi connectivity index (χ2v) is 9.28. The van der Waals surface area contributed by atoms with Crippen LogP contribution in [0.15, 0.2) is 23.1 Å². The van der Waals surface area contributed by atoms with Gasteiger partial charge in [0.2, 0.25) is 10.0 Å². The van der Waals surface area contributed by atoms with Gasteiger partial charge in [-0.2, -0.15) is 23.5 Å². The lowest BCUT2D eigenvalue weighted by Crippen LogP contribution is -2.33. The molecule has 0 aliphatic carbocycles. The zero-order valence-electron chi connectivity index (χ0n) is 11.1. The Hall–Kier alpha value is -0.210. The SMILES string of the molecule is O=S(=O)(NCC1CSCCS1)c1ccc2c(c1)CNC2. The largest absolute Gasteiger partial charge is 0.309 e. The molecule has 0 radical (unpaired) electrons. The van der Waals surface area contributed by atoms with Crippen molar-refractivity contribution in [1.29, 1.82) is 0 Å². The molecule has 2 heterocycles. The Labute approximate surface area is 128 Å². The minimum Gasteiger partial charge on any atom is -0.309 e. The van der Waals surface area contributed by atoms with Gasteiger partial charge in [0.1, 0.15) is 0 Å². The summed E-state index contributed by atoms with van der Waals surface area (Å²) in [6.07, 6.45) is 0. The molecule has 1 atom stereocenters. The summed E-state index contributed by atoms with van der Waals surface area (Å²) in [4.78, 5) is 0.383. The van der Waals surface area contributed by atoms with Gasteiger partial charge < -0.3 is 5.32 Å². The first-order valence-corrected chi connectivity index (χ1v) is 10.4. The minimum absolute atomic E-state index is 0.383. The average Bonchev–Trinajstić information content (AvgIpc) is 2.94. The van der Waals surface area contributed by atoms with Gasteiger partial charge in [-0.1, -0.05) is 6.07 Å². The number of rotatable bonds is 4. The lowest BCUT2D eigenvalue weighted by molar-refractivity contribution is 0.581. The van der Waals surface area contributed by atoms with Gasteiger partial charge in [-0.05, 0) is 23.3 Å². The third-order valence-corrected chi connectivity index (χ3v) is 7.77. The first-order valence-electron chi connectivity index (χ1n) is 6.67. The fraction of sp³-hybridized carbons (Fsp3) is 0.538. The number of sulfonamides is 1. The van der Waals surface area contributed by atoms with Crippen LogP contribution in [0.5, 0.6) is 0 Å². The van der Waals surface area contributed by atoms with Gasteiger partial charge in [0.25, 0.3) is 0 Å². The van der Waals surface area contributed by atoms with Crippen molar-refractivity contribution in [1.82, 2.24) is 10.0 Å². The Morgan fingerprint density at radius 1 is 1.25 bits per heavy atom. The smallest absolute Gasteiger partial charge is 0.240 e. The molecule has 3 rings (SSSR count). The molecule has 1 aromatic carbocycles. The van der Waals surface area contributed by atoms with Crippen LogP contribution in [-0.2, 0) is 23.1 Å². The molecule has 4 nitrogen and oxygen atoms in total. The maximum absolute atomic E-state index is 12.3. The summed E-state index contributed by atoms with van der Waals surface area (Å²) in [5, 5.41) is 3.62. The molecule has 0 aromatic heterocycles. The van der Waals surface area contributed by atoms with Crippen LogP contribution in [0.1, 0.15) is 11.1 Å². The van der Waals surface area contributed by atoms with E-state index in [1.54, 1.807) is 12.1 Å². The molecule has 0 bridgehead atoms. The number of benzene rings is 1. The highest BCUT2D eigenvalue weighted by atomic mass is 32.2. The van der Waals surface area contributed by atoms with Crippen molar-refractivity contribution in [3.63, 3.8) is 0 Å². The van der Waals surface area contributed by atoms with E-state index in [9.17, 15) is 8.42 Å². The highest BCUT2D eigenvalue weighted by Crippen LogP contribution is 2.24. The Kier molecular flexibility index (Phi) is 4.62. The molecule has 2 N–H and O–H groups in total. The summed E-state index contributed by atoms with van der Waals surface area (Å²) in [7, 11) is -3.38. The van der Waals surface area contributed by atoms with Gasteiger partial charge in [-0.15, -0.1) is 0 Å². The van der Waals surface area contributed by atoms with E-state index < -0.39 is 10.0 Å². The Morgan fingerprint density at radius 2 is 2.10 bits per heavy atom.